The zero-order chi connectivity index (χ0) is 24.2. The minimum Gasteiger partial charge on any atom is -0.489 e. The standard InChI is InChI=1S/C29H31NO4/c1-3-33-29(32)17-15-25-14-16-27(34-22-24-12-8-5-9-13-24)20-26(25)21-28(31)30(2)19-18-23-10-6-4-7-11-23/h4-17,20H,3,18-19,21-22H2,1-2H3/b17-15+. The average molecular weight is 458 g/mol. The van der Waals surface area contributed by atoms with Crippen LogP contribution in [0.3, 0.4) is 0 Å². The zero-order valence-corrected chi connectivity index (χ0v) is 19.8. The molecular weight excluding hydrogens is 426 g/mol. The number of carbonyl (C=O) groups excluding carboxylic acids is 2. The second-order valence-corrected chi connectivity index (χ2v) is 7.95. The summed E-state index contributed by atoms with van der Waals surface area (Å²) >= 11 is 0. The number of ether oxygens (including phenoxy) is 2. The Morgan fingerprint density at radius 3 is 2.26 bits per heavy atom. The lowest BCUT2D eigenvalue weighted by Gasteiger charge is -2.18. The van der Waals surface area contributed by atoms with Crippen molar-refractivity contribution < 1.29 is 19.1 Å². The van der Waals surface area contributed by atoms with E-state index in [1.54, 1.807) is 17.9 Å². The van der Waals surface area contributed by atoms with Gasteiger partial charge in [0, 0.05) is 19.7 Å². The number of carbonyl (C=O) groups is 2. The van der Waals surface area contributed by atoms with Crippen LogP contribution in [0.15, 0.2) is 84.9 Å². The second-order valence-electron chi connectivity index (χ2n) is 7.95. The molecule has 0 atom stereocenters. The van der Waals surface area contributed by atoms with Gasteiger partial charge in [-0.15, -0.1) is 0 Å². The van der Waals surface area contributed by atoms with Gasteiger partial charge in [0.2, 0.25) is 5.91 Å². The molecule has 0 radical (unpaired) electrons. The lowest BCUT2D eigenvalue weighted by atomic mass is 10.0. The van der Waals surface area contributed by atoms with Crippen LogP contribution >= 0.6 is 0 Å². The lowest BCUT2D eigenvalue weighted by molar-refractivity contribution is -0.137. The molecular formula is C29H31NO4. The summed E-state index contributed by atoms with van der Waals surface area (Å²) in [6, 6.07) is 25.6. The molecule has 5 nitrogen and oxygen atoms in total. The van der Waals surface area contributed by atoms with Gasteiger partial charge in [0.05, 0.1) is 13.0 Å². The van der Waals surface area contributed by atoms with Crippen LogP contribution < -0.4 is 4.74 Å². The van der Waals surface area contributed by atoms with Crippen molar-refractivity contribution in [3.05, 3.63) is 107 Å². The Labute approximate surface area is 201 Å². The van der Waals surface area contributed by atoms with Crippen molar-refractivity contribution in [3.63, 3.8) is 0 Å². The summed E-state index contributed by atoms with van der Waals surface area (Å²) in [6.07, 6.45) is 4.07. The highest BCUT2D eigenvalue weighted by molar-refractivity contribution is 5.88. The number of rotatable bonds is 11. The summed E-state index contributed by atoms with van der Waals surface area (Å²) in [4.78, 5) is 26.5. The van der Waals surface area contributed by atoms with Crippen LogP contribution in [0.5, 0.6) is 5.75 Å². The first-order valence-corrected chi connectivity index (χ1v) is 11.5. The third-order valence-corrected chi connectivity index (χ3v) is 5.39. The Kier molecular flexibility index (Phi) is 9.47. The van der Waals surface area contributed by atoms with E-state index in [0.717, 1.165) is 23.1 Å². The summed E-state index contributed by atoms with van der Waals surface area (Å²) in [5.74, 6) is 0.262. The van der Waals surface area contributed by atoms with Crippen molar-refractivity contribution >= 4 is 18.0 Å². The Balaban J connectivity index is 1.72. The van der Waals surface area contributed by atoms with Crippen LogP contribution in [0.4, 0.5) is 0 Å². The number of esters is 1. The van der Waals surface area contributed by atoms with E-state index in [0.29, 0.717) is 25.5 Å². The molecule has 0 saturated heterocycles. The van der Waals surface area contributed by atoms with Gasteiger partial charge in [-0.3, -0.25) is 4.79 Å². The molecule has 0 aliphatic carbocycles. The SMILES string of the molecule is CCOC(=O)/C=C/c1ccc(OCc2ccccc2)cc1CC(=O)N(C)CCc1ccccc1. The second kappa shape index (κ2) is 13.0. The molecule has 0 N–H and O–H groups in total. The highest BCUT2D eigenvalue weighted by Gasteiger charge is 2.13. The predicted octanol–water partition coefficient (Wildman–Crippen LogP) is 5.09. The van der Waals surface area contributed by atoms with Crippen molar-refractivity contribution in [2.24, 2.45) is 0 Å². The highest BCUT2D eigenvalue weighted by atomic mass is 16.5. The smallest absolute Gasteiger partial charge is 0.330 e. The van der Waals surface area contributed by atoms with Gasteiger partial charge in [-0.2, -0.15) is 0 Å². The molecule has 0 saturated carbocycles. The van der Waals surface area contributed by atoms with Gasteiger partial charge < -0.3 is 14.4 Å². The van der Waals surface area contributed by atoms with E-state index in [1.165, 1.54) is 11.6 Å². The van der Waals surface area contributed by atoms with Gasteiger partial charge in [-0.05, 0) is 53.8 Å². The molecule has 0 unspecified atom stereocenters. The van der Waals surface area contributed by atoms with E-state index in [9.17, 15) is 9.59 Å². The minimum atomic E-state index is -0.413. The fraction of sp³-hybridized carbons (Fsp3) is 0.241. The molecule has 0 aliphatic rings. The predicted molar refractivity (Wildman–Crippen MR) is 134 cm³/mol. The van der Waals surface area contributed by atoms with Gasteiger partial charge >= 0.3 is 5.97 Å². The van der Waals surface area contributed by atoms with Gasteiger partial charge in [0.1, 0.15) is 12.4 Å². The number of nitrogens with zero attached hydrogens (tertiary/aromatic N) is 1. The van der Waals surface area contributed by atoms with Gasteiger partial charge in [-0.1, -0.05) is 66.7 Å². The van der Waals surface area contributed by atoms with Crippen LogP contribution in [0.25, 0.3) is 6.08 Å². The summed E-state index contributed by atoms with van der Waals surface area (Å²) in [5.41, 5.74) is 3.83. The van der Waals surface area contributed by atoms with E-state index in [-0.39, 0.29) is 12.3 Å². The summed E-state index contributed by atoms with van der Waals surface area (Å²) in [7, 11) is 1.81. The van der Waals surface area contributed by atoms with Gasteiger partial charge in [0.15, 0.2) is 0 Å². The number of likely N-dealkylation sites (N-methyl/N-ethyl adjacent to an activating group) is 1. The molecule has 3 aromatic rings. The summed E-state index contributed by atoms with van der Waals surface area (Å²) < 4.78 is 10.9. The van der Waals surface area contributed by atoms with E-state index < -0.39 is 5.97 Å². The molecule has 5 heteroatoms. The number of benzene rings is 3. The molecule has 0 fully saturated rings. The molecule has 34 heavy (non-hydrogen) atoms. The quantitative estimate of drug-likeness (QED) is 0.297. The van der Waals surface area contributed by atoms with Crippen LogP contribution in [-0.4, -0.2) is 37.0 Å². The van der Waals surface area contributed by atoms with Gasteiger partial charge in [-0.25, -0.2) is 4.79 Å². The topological polar surface area (TPSA) is 55.8 Å². The van der Waals surface area contributed by atoms with E-state index in [1.807, 2.05) is 73.8 Å². The maximum atomic E-state index is 13.0. The normalized spacial score (nSPS) is 10.8. The molecule has 0 spiro atoms. The van der Waals surface area contributed by atoms with Crippen molar-refractivity contribution in [1.82, 2.24) is 4.90 Å². The maximum absolute atomic E-state index is 13.0. The lowest BCUT2D eigenvalue weighted by Crippen LogP contribution is -2.30. The maximum Gasteiger partial charge on any atom is 0.330 e. The molecule has 0 aromatic heterocycles. The van der Waals surface area contributed by atoms with Crippen LogP contribution in [-0.2, 0) is 33.8 Å². The molecule has 0 bridgehead atoms. The van der Waals surface area contributed by atoms with Gasteiger partial charge in [0.25, 0.3) is 0 Å². The number of amides is 1. The summed E-state index contributed by atoms with van der Waals surface area (Å²) in [5, 5.41) is 0. The van der Waals surface area contributed by atoms with Crippen LogP contribution in [0, 0.1) is 0 Å². The first-order chi connectivity index (χ1) is 16.5. The molecule has 0 aliphatic heterocycles. The monoisotopic (exact) mass is 457 g/mol. The summed E-state index contributed by atoms with van der Waals surface area (Å²) in [6.45, 7) is 3.14. The molecule has 176 valence electrons. The Morgan fingerprint density at radius 2 is 1.59 bits per heavy atom. The molecule has 3 aromatic carbocycles. The largest absolute Gasteiger partial charge is 0.489 e. The van der Waals surface area contributed by atoms with Crippen molar-refractivity contribution in [2.45, 2.75) is 26.4 Å². The highest BCUT2D eigenvalue weighted by Crippen LogP contribution is 2.22. The zero-order valence-electron chi connectivity index (χ0n) is 19.8. The van der Waals surface area contributed by atoms with Crippen molar-refractivity contribution in [1.29, 1.82) is 0 Å². The fourth-order valence-electron chi connectivity index (χ4n) is 3.44. The van der Waals surface area contributed by atoms with Crippen molar-refractivity contribution in [2.75, 3.05) is 20.2 Å². The van der Waals surface area contributed by atoms with Crippen LogP contribution in [0.1, 0.15) is 29.2 Å². The number of hydrogen-bond acceptors (Lipinski definition) is 4. The third kappa shape index (κ3) is 7.93. The third-order valence-electron chi connectivity index (χ3n) is 5.39. The Hall–Kier alpha value is -3.86. The molecule has 0 heterocycles. The van der Waals surface area contributed by atoms with E-state index in [4.69, 9.17) is 9.47 Å². The Morgan fingerprint density at radius 1 is 0.912 bits per heavy atom. The Bertz CT molecular complexity index is 1090. The molecule has 3 rings (SSSR count). The van der Waals surface area contributed by atoms with Crippen LogP contribution in [0.2, 0.25) is 0 Å². The molecule has 1 amide bonds. The van der Waals surface area contributed by atoms with E-state index in [2.05, 4.69) is 12.1 Å². The van der Waals surface area contributed by atoms with E-state index >= 15 is 0 Å². The minimum absolute atomic E-state index is 0.00178. The fourth-order valence-corrected chi connectivity index (χ4v) is 3.44. The first-order valence-electron chi connectivity index (χ1n) is 11.5. The average Bonchev–Trinajstić information content (AvgIpc) is 2.87. The van der Waals surface area contributed by atoms with Crippen molar-refractivity contribution in [3.8, 4) is 5.75 Å². The number of hydrogen-bond donors (Lipinski definition) is 0. The first kappa shape index (κ1) is 24.8.